The number of likely N-dealkylation sites (tertiary alicyclic amines) is 1. The van der Waals surface area contributed by atoms with Crippen LogP contribution in [0.4, 0.5) is 5.69 Å². The minimum Gasteiger partial charge on any atom is -0.462 e. The maximum atomic E-state index is 12.8. The zero-order valence-electron chi connectivity index (χ0n) is 16.6. The van der Waals surface area contributed by atoms with Crippen molar-refractivity contribution in [3.05, 3.63) is 53.6 Å². The topological polar surface area (TPSA) is 94.2 Å². The van der Waals surface area contributed by atoms with E-state index in [-0.39, 0.29) is 37.2 Å². The third-order valence-electron chi connectivity index (χ3n) is 5.08. The number of hydrogen-bond acceptors (Lipinski definition) is 6. The molecular weight excluding hydrogens is 388 g/mol. The highest BCUT2D eigenvalue weighted by Crippen LogP contribution is 2.33. The Labute approximate surface area is 173 Å². The largest absolute Gasteiger partial charge is 0.462 e. The number of ether oxygens (including phenoxy) is 3. The number of fused-ring (bicyclic) bond motifs is 1. The molecule has 0 saturated carbocycles. The molecule has 0 bridgehead atoms. The van der Waals surface area contributed by atoms with E-state index in [1.807, 2.05) is 18.2 Å². The fourth-order valence-electron chi connectivity index (χ4n) is 3.57. The van der Waals surface area contributed by atoms with Crippen LogP contribution in [-0.2, 0) is 20.9 Å². The minimum atomic E-state index is -0.500. The fraction of sp³-hybridized carbons (Fsp3) is 0.318. The monoisotopic (exact) mass is 410 g/mol. The molecule has 2 aliphatic rings. The molecule has 1 unspecified atom stereocenters. The van der Waals surface area contributed by atoms with E-state index < -0.39 is 11.9 Å². The van der Waals surface area contributed by atoms with Gasteiger partial charge in [-0.25, -0.2) is 4.79 Å². The molecule has 0 aromatic heterocycles. The van der Waals surface area contributed by atoms with Crippen molar-refractivity contribution < 1.29 is 28.6 Å². The Morgan fingerprint density at radius 2 is 1.97 bits per heavy atom. The van der Waals surface area contributed by atoms with Gasteiger partial charge in [0.2, 0.25) is 18.6 Å². The van der Waals surface area contributed by atoms with Gasteiger partial charge in [-0.1, -0.05) is 18.2 Å². The number of esters is 1. The van der Waals surface area contributed by atoms with Gasteiger partial charge in [-0.2, -0.15) is 0 Å². The number of carbonyl (C=O) groups is 3. The predicted octanol–water partition coefficient (Wildman–Crippen LogP) is 2.58. The van der Waals surface area contributed by atoms with E-state index in [2.05, 4.69) is 5.32 Å². The van der Waals surface area contributed by atoms with Crippen LogP contribution in [0.3, 0.4) is 0 Å². The van der Waals surface area contributed by atoms with Gasteiger partial charge >= 0.3 is 5.97 Å². The molecule has 30 heavy (non-hydrogen) atoms. The first kappa shape index (κ1) is 19.8. The predicted molar refractivity (Wildman–Crippen MR) is 107 cm³/mol. The summed E-state index contributed by atoms with van der Waals surface area (Å²) in [5.41, 5.74) is 1.57. The van der Waals surface area contributed by atoms with Crippen molar-refractivity contribution in [1.29, 1.82) is 0 Å². The number of amides is 2. The summed E-state index contributed by atoms with van der Waals surface area (Å²) in [4.78, 5) is 39.0. The van der Waals surface area contributed by atoms with Crippen molar-refractivity contribution in [3.63, 3.8) is 0 Å². The number of hydrogen-bond donors (Lipinski definition) is 1. The summed E-state index contributed by atoms with van der Waals surface area (Å²) in [6.45, 7) is 2.85. The molecule has 2 aromatic rings. The number of nitrogens with zero attached hydrogens (tertiary/aromatic N) is 1. The van der Waals surface area contributed by atoms with E-state index in [1.54, 1.807) is 36.1 Å². The van der Waals surface area contributed by atoms with Crippen LogP contribution in [0.2, 0.25) is 0 Å². The molecule has 156 valence electrons. The van der Waals surface area contributed by atoms with Gasteiger partial charge in [0.1, 0.15) is 0 Å². The van der Waals surface area contributed by atoms with Gasteiger partial charge in [0.15, 0.2) is 11.5 Å². The Balaban J connectivity index is 1.41. The van der Waals surface area contributed by atoms with Crippen molar-refractivity contribution in [2.45, 2.75) is 19.9 Å². The smallest absolute Gasteiger partial charge is 0.340 e. The zero-order chi connectivity index (χ0) is 21.1. The van der Waals surface area contributed by atoms with Crippen LogP contribution in [0, 0.1) is 5.92 Å². The molecule has 2 aliphatic heterocycles. The third kappa shape index (κ3) is 4.07. The molecule has 1 N–H and O–H groups in total. The SMILES string of the molecule is CCOC(=O)c1ccccc1NC(=O)C1CC(=O)N(Cc2ccc3c(c2)OCO3)C1. The molecule has 0 aliphatic carbocycles. The van der Waals surface area contributed by atoms with Crippen LogP contribution in [-0.4, -0.2) is 42.6 Å². The first-order valence-corrected chi connectivity index (χ1v) is 9.78. The average molecular weight is 410 g/mol. The van der Waals surface area contributed by atoms with E-state index in [0.717, 1.165) is 5.56 Å². The van der Waals surface area contributed by atoms with Crippen molar-refractivity contribution in [3.8, 4) is 11.5 Å². The Morgan fingerprint density at radius 1 is 1.17 bits per heavy atom. The van der Waals surface area contributed by atoms with Crippen LogP contribution >= 0.6 is 0 Å². The maximum absolute atomic E-state index is 12.8. The van der Waals surface area contributed by atoms with Crippen molar-refractivity contribution in [2.24, 2.45) is 5.92 Å². The number of rotatable bonds is 6. The number of para-hydroxylation sites is 1. The van der Waals surface area contributed by atoms with E-state index >= 15 is 0 Å². The average Bonchev–Trinajstić information content (AvgIpc) is 3.35. The van der Waals surface area contributed by atoms with Crippen LogP contribution in [0.5, 0.6) is 11.5 Å². The number of carbonyl (C=O) groups excluding carboxylic acids is 3. The molecule has 8 nitrogen and oxygen atoms in total. The molecule has 1 saturated heterocycles. The van der Waals surface area contributed by atoms with Crippen LogP contribution < -0.4 is 14.8 Å². The Morgan fingerprint density at radius 3 is 2.80 bits per heavy atom. The van der Waals surface area contributed by atoms with Gasteiger partial charge in [-0.05, 0) is 36.8 Å². The number of benzene rings is 2. The lowest BCUT2D eigenvalue weighted by Gasteiger charge is -2.17. The van der Waals surface area contributed by atoms with Gasteiger partial charge in [0.25, 0.3) is 0 Å². The van der Waals surface area contributed by atoms with Crippen LogP contribution in [0.15, 0.2) is 42.5 Å². The second kappa shape index (κ2) is 8.44. The van der Waals surface area contributed by atoms with Gasteiger partial charge in [-0.15, -0.1) is 0 Å². The van der Waals surface area contributed by atoms with Crippen LogP contribution in [0.1, 0.15) is 29.3 Å². The van der Waals surface area contributed by atoms with Crippen molar-refractivity contribution in [2.75, 3.05) is 25.3 Å². The minimum absolute atomic E-state index is 0.0912. The quantitative estimate of drug-likeness (QED) is 0.736. The number of nitrogens with one attached hydrogen (secondary N) is 1. The van der Waals surface area contributed by atoms with Gasteiger partial charge in [-0.3, -0.25) is 9.59 Å². The van der Waals surface area contributed by atoms with E-state index in [9.17, 15) is 14.4 Å². The molecular formula is C22H22N2O6. The first-order chi connectivity index (χ1) is 14.5. The fourth-order valence-corrected chi connectivity index (χ4v) is 3.57. The first-order valence-electron chi connectivity index (χ1n) is 9.78. The molecule has 2 aromatic carbocycles. The van der Waals surface area contributed by atoms with Gasteiger partial charge < -0.3 is 24.4 Å². The Bertz CT molecular complexity index is 989. The van der Waals surface area contributed by atoms with Crippen LogP contribution in [0.25, 0.3) is 0 Å². The second-order valence-electron chi connectivity index (χ2n) is 7.12. The molecule has 2 heterocycles. The van der Waals surface area contributed by atoms with E-state index in [0.29, 0.717) is 30.3 Å². The summed E-state index contributed by atoms with van der Waals surface area (Å²) >= 11 is 0. The summed E-state index contributed by atoms with van der Waals surface area (Å²) in [5.74, 6) is -0.0464. The molecule has 2 amide bonds. The molecule has 0 spiro atoms. The Hall–Kier alpha value is -3.55. The molecule has 0 radical (unpaired) electrons. The lowest BCUT2D eigenvalue weighted by molar-refractivity contribution is -0.128. The summed E-state index contributed by atoms with van der Waals surface area (Å²) in [5, 5.41) is 2.78. The lowest BCUT2D eigenvalue weighted by atomic mass is 10.1. The molecule has 1 atom stereocenters. The summed E-state index contributed by atoms with van der Waals surface area (Å²) in [6, 6.07) is 12.2. The van der Waals surface area contributed by atoms with Crippen molar-refractivity contribution >= 4 is 23.5 Å². The van der Waals surface area contributed by atoms with E-state index in [1.165, 1.54) is 0 Å². The summed E-state index contributed by atoms with van der Waals surface area (Å²) in [6.07, 6.45) is 0.123. The summed E-state index contributed by atoms with van der Waals surface area (Å²) < 4.78 is 15.7. The highest BCUT2D eigenvalue weighted by molar-refractivity contribution is 6.03. The molecule has 1 fully saturated rings. The highest BCUT2D eigenvalue weighted by atomic mass is 16.7. The highest BCUT2D eigenvalue weighted by Gasteiger charge is 2.35. The maximum Gasteiger partial charge on any atom is 0.340 e. The normalized spacial score (nSPS) is 17.2. The van der Waals surface area contributed by atoms with Crippen molar-refractivity contribution in [1.82, 2.24) is 4.90 Å². The lowest BCUT2D eigenvalue weighted by Crippen LogP contribution is -2.28. The van der Waals surface area contributed by atoms with Gasteiger partial charge in [0.05, 0.1) is 23.8 Å². The zero-order valence-corrected chi connectivity index (χ0v) is 16.6. The standard InChI is InChI=1S/C22H22N2O6/c1-2-28-22(27)16-5-3-4-6-17(16)23-21(26)15-10-20(25)24(12-15)11-14-7-8-18-19(9-14)30-13-29-18/h3-9,15H,2,10-13H2,1H3,(H,23,26). The van der Waals surface area contributed by atoms with Gasteiger partial charge in [0, 0.05) is 19.5 Å². The molecule has 4 rings (SSSR count). The van der Waals surface area contributed by atoms with E-state index in [4.69, 9.17) is 14.2 Å². The number of anilines is 1. The Kier molecular flexibility index (Phi) is 5.56. The second-order valence-corrected chi connectivity index (χ2v) is 7.12. The molecule has 8 heteroatoms. The summed E-state index contributed by atoms with van der Waals surface area (Å²) in [7, 11) is 0. The third-order valence-corrected chi connectivity index (χ3v) is 5.08.